The van der Waals surface area contributed by atoms with Gasteiger partial charge in [0.15, 0.2) is 0 Å². The van der Waals surface area contributed by atoms with Crippen molar-refractivity contribution >= 4 is 16.9 Å². The summed E-state index contributed by atoms with van der Waals surface area (Å²) >= 11 is 0. The number of carbonyl (C=O) groups excluding carboxylic acids is 1. The molecule has 3 rings (SSSR count). The molecular weight excluding hydrogens is 330 g/mol. The summed E-state index contributed by atoms with van der Waals surface area (Å²) < 4.78 is 6.43. The van der Waals surface area contributed by atoms with Crippen LogP contribution in [0.1, 0.15) is 27.0 Å². The number of fused-ring (bicyclic) bond motifs is 1. The molecule has 0 saturated carbocycles. The molecule has 0 amide bonds. The van der Waals surface area contributed by atoms with Gasteiger partial charge in [0, 0.05) is 18.1 Å². The number of hydrogen-bond donors (Lipinski definition) is 1. The SMILES string of the molecule is COC(=O)c1cn(CCO)c2ccc(Cc3cccc(C)c3)cc2c1=O. The van der Waals surface area contributed by atoms with Crippen molar-refractivity contribution in [2.45, 2.75) is 19.9 Å². The summed E-state index contributed by atoms with van der Waals surface area (Å²) in [6.07, 6.45) is 2.15. The first-order chi connectivity index (χ1) is 12.5. The van der Waals surface area contributed by atoms with Crippen molar-refractivity contribution in [2.75, 3.05) is 13.7 Å². The van der Waals surface area contributed by atoms with E-state index in [2.05, 4.69) is 6.07 Å². The predicted octanol–water partition coefficient (Wildman–Crippen LogP) is 2.68. The number of ether oxygens (including phenoxy) is 1. The molecule has 5 heteroatoms. The molecule has 3 aromatic rings. The molecule has 0 unspecified atom stereocenters. The third-order valence-corrected chi connectivity index (χ3v) is 4.38. The molecule has 0 spiro atoms. The molecule has 0 bridgehead atoms. The summed E-state index contributed by atoms with van der Waals surface area (Å²) in [5.74, 6) is -0.673. The number of aliphatic hydroxyl groups is 1. The van der Waals surface area contributed by atoms with Crippen molar-refractivity contribution in [1.29, 1.82) is 0 Å². The number of benzene rings is 2. The average Bonchev–Trinajstić information content (AvgIpc) is 2.63. The van der Waals surface area contributed by atoms with Crippen LogP contribution in [0.3, 0.4) is 0 Å². The fourth-order valence-corrected chi connectivity index (χ4v) is 3.16. The highest BCUT2D eigenvalue weighted by Gasteiger charge is 2.16. The summed E-state index contributed by atoms with van der Waals surface area (Å²) in [6.45, 7) is 2.24. The van der Waals surface area contributed by atoms with E-state index in [1.807, 2.05) is 43.3 Å². The molecule has 0 radical (unpaired) electrons. The number of carbonyl (C=O) groups is 1. The molecule has 1 N–H and O–H groups in total. The van der Waals surface area contributed by atoms with Crippen LogP contribution in [0.4, 0.5) is 0 Å². The highest BCUT2D eigenvalue weighted by atomic mass is 16.5. The van der Waals surface area contributed by atoms with Crippen molar-refractivity contribution in [1.82, 2.24) is 4.57 Å². The van der Waals surface area contributed by atoms with Gasteiger partial charge in [-0.05, 0) is 36.6 Å². The second kappa shape index (κ2) is 7.54. The maximum atomic E-state index is 12.8. The van der Waals surface area contributed by atoms with Gasteiger partial charge in [-0.3, -0.25) is 4.79 Å². The second-order valence-electron chi connectivity index (χ2n) is 6.30. The third-order valence-electron chi connectivity index (χ3n) is 4.38. The van der Waals surface area contributed by atoms with Crippen LogP contribution in [0.25, 0.3) is 10.9 Å². The minimum absolute atomic E-state index is 0.0267. The highest BCUT2D eigenvalue weighted by molar-refractivity contribution is 5.93. The zero-order chi connectivity index (χ0) is 18.7. The molecule has 1 aromatic heterocycles. The number of nitrogens with zero attached hydrogens (tertiary/aromatic N) is 1. The van der Waals surface area contributed by atoms with Gasteiger partial charge in [0.05, 0.1) is 19.2 Å². The van der Waals surface area contributed by atoms with Gasteiger partial charge in [-0.1, -0.05) is 35.9 Å². The van der Waals surface area contributed by atoms with E-state index in [4.69, 9.17) is 4.74 Å². The first-order valence-electron chi connectivity index (χ1n) is 8.44. The summed E-state index contributed by atoms with van der Waals surface area (Å²) in [6, 6.07) is 13.9. The fourth-order valence-electron chi connectivity index (χ4n) is 3.16. The monoisotopic (exact) mass is 351 g/mol. The molecule has 0 aliphatic carbocycles. The number of aromatic nitrogens is 1. The van der Waals surface area contributed by atoms with Crippen LogP contribution in [0.15, 0.2) is 53.5 Å². The number of methoxy groups -OCH3 is 1. The van der Waals surface area contributed by atoms with Crippen LogP contribution < -0.4 is 5.43 Å². The number of rotatable bonds is 5. The quantitative estimate of drug-likeness (QED) is 0.718. The van der Waals surface area contributed by atoms with Crippen LogP contribution in [0, 0.1) is 6.92 Å². The minimum atomic E-state index is -0.673. The standard InChI is InChI=1S/C21H21NO4/c1-14-4-3-5-15(10-14)11-16-6-7-19-17(12-16)20(24)18(21(25)26-2)13-22(19)8-9-23/h3-7,10,12-13,23H,8-9,11H2,1-2H3. The molecule has 0 fully saturated rings. The van der Waals surface area contributed by atoms with Gasteiger partial charge in [0.1, 0.15) is 5.56 Å². The molecular formula is C21H21NO4. The molecule has 0 saturated heterocycles. The number of aryl methyl sites for hydroxylation is 1. The lowest BCUT2D eigenvalue weighted by Gasteiger charge is -2.13. The number of aliphatic hydroxyl groups excluding tert-OH is 1. The summed E-state index contributed by atoms with van der Waals surface area (Å²) in [4.78, 5) is 24.7. The summed E-state index contributed by atoms with van der Waals surface area (Å²) in [5.41, 5.74) is 3.63. The fraction of sp³-hybridized carbons (Fsp3) is 0.238. The Morgan fingerprint density at radius 2 is 1.92 bits per heavy atom. The molecule has 1 heterocycles. The molecule has 26 heavy (non-hydrogen) atoms. The van der Waals surface area contributed by atoms with E-state index in [1.54, 1.807) is 4.57 Å². The third kappa shape index (κ3) is 3.53. The Balaban J connectivity index is 2.13. The van der Waals surface area contributed by atoms with E-state index < -0.39 is 5.97 Å². The van der Waals surface area contributed by atoms with E-state index >= 15 is 0 Å². The Bertz CT molecular complexity index is 1020. The Morgan fingerprint density at radius 3 is 2.62 bits per heavy atom. The predicted molar refractivity (Wildman–Crippen MR) is 101 cm³/mol. The zero-order valence-electron chi connectivity index (χ0n) is 14.9. The first kappa shape index (κ1) is 17.9. The molecule has 134 valence electrons. The Kier molecular flexibility index (Phi) is 5.19. The van der Waals surface area contributed by atoms with E-state index in [1.165, 1.54) is 18.9 Å². The van der Waals surface area contributed by atoms with E-state index in [-0.39, 0.29) is 24.1 Å². The van der Waals surface area contributed by atoms with E-state index in [9.17, 15) is 14.7 Å². The van der Waals surface area contributed by atoms with Gasteiger partial charge in [0.25, 0.3) is 0 Å². The van der Waals surface area contributed by atoms with Crippen LogP contribution in [-0.2, 0) is 17.7 Å². The molecule has 2 aromatic carbocycles. The second-order valence-corrected chi connectivity index (χ2v) is 6.30. The van der Waals surface area contributed by atoms with Crippen molar-refractivity contribution < 1.29 is 14.6 Å². The van der Waals surface area contributed by atoms with Gasteiger partial charge in [-0.2, -0.15) is 0 Å². The molecule has 0 aliphatic heterocycles. The Hall–Kier alpha value is -2.92. The van der Waals surface area contributed by atoms with Crippen LogP contribution >= 0.6 is 0 Å². The number of esters is 1. The zero-order valence-corrected chi connectivity index (χ0v) is 14.9. The maximum absolute atomic E-state index is 12.8. The Morgan fingerprint density at radius 1 is 1.15 bits per heavy atom. The topological polar surface area (TPSA) is 68.5 Å². The van der Waals surface area contributed by atoms with Gasteiger partial charge in [0.2, 0.25) is 5.43 Å². The van der Waals surface area contributed by atoms with Gasteiger partial charge in [-0.15, -0.1) is 0 Å². The van der Waals surface area contributed by atoms with E-state index in [0.717, 1.165) is 11.1 Å². The minimum Gasteiger partial charge on any atom is -0.465 e. The number of pyridine rings is 1. The van der Waals surface area contributed by atoms with Crippen LogP contribution in [0.5, 0.6) is 0 Å². The van der Waals surface area contributed by atoms with Crippen LogP contribution in [0.2, 0.25) is 0 Å². The smallest absolute Gasteiger partial charge is 0.343 e. The average molecular weight is 351 g/mol. The van der Waals surface area contributed by atoms with E-state index in [0.29, 0.717) is 17.3 Å². The van der Waals surface area contributed by atoms with Crippen molar-refractivity contribution in [3.05, 3.63) is 81.1 Å². The lowest BCUT2D eigenvalue weighted by molar-refractivity contribution is 0.0598. The number of hydrogen-bond acceptors (Lipinski definition) is 4. The van der Waals surface area contributed by atoms with Gasteiger partial charge >= 0.3 is 5.97 Å². The molecule has 0 atom stereocenters. The summed E-state index contributed by atoms with van der Waals surface area (Å²) in [5, 5.41) is 9.75. The summed E-state index contributed by atoms with van der Waals surface area (Å²) in [7, 11) is 1.25. The van der Waals surface area contributed by atoms with Crippen molar-refractivity contribution in [2.24, 2.45) is 0 Å². The maximum Gasteiger partial charge on any atom is 0.343 e. The van der Waals surface area contributed by atoms with Gasteiger partial charge < -0.3 is 14.4 Å². The van der Waals surface area contributed by atoms with Crippen LogP contribution in [-0.4, -0.2) is 29.4 Å². The molecule has 0 aliphatic rings. The Labute approximate surface area is 151 Å². The lowest BCUT2D eigenvalue weighted by atomic mass is 10.0. The van der Waals surface area contributed by atoms with Crippen molar-refractivity contribution in [3.8, 4) is 0 Å². The molecule has 5 nitrogen and oxygen atoms in total. The first-order valence-corrected chi connectivity index (χ1v) is 8.44. The van der Waals surface area contributed by atoms with Gasteiger partial charge in [-0.25, -0.2) is 4.79 Å². The highest BCUT2D eigenvalue weighted by Crippen LogP contribution is 2.18. The largest absolute Gasteiger partial charge is 0.465 e. The normalized spacial score (nSPS) is 10.9. The lowest BCUT2D eigenvalue weighted by Crippen LogP contribution is -2.21. The van der Waals surface area contributed by atoms with Crippen molar-refractivity contribution in [3.63, 3.8) is 0 Å².